The monoisotopic (exact) mass is 392 g/mol. The third-order valence-electron chi connectivity index (χ3n) is 5.23. The standard InChI is InChI=1S/C23H28N4S/c1-16-6-8-19(9-7-16)14-27-22(21-5-4-10-24-21)25-26-23(27)28-15-20-12-17(2)11-18(3)13-20/h6-9,11-13,21,24H,4-5,10,14-15H2,1-3H3. The average molecular weight is 393 g/mol. The van der Waals surface area contributed by atoms with Gasteiger partial charge in [0.1, 0.15) is 0 Å². The lowest BCUT2D eigenvalue weighted by molar-refractivity contribution is 0.550. The number of nitrogens with one attached hydrogen (secondary N) is 1. The van der Waals surface area contributed by atoms with Gasteiger partial charge >= 0.3 is 0 Å². The van der Waals surface area contributed by atoms with Crippen LogP contribution < -0.4 is 5.32 Å². The van der Waals surface area contributed by atoms with Crippen LogP contribution in [0.4, 0.5) is 0 Å². The molecular formula is C23H28N4S. The Morgan fingerprint density at radius 3 is 2.39 bits per heavy atom. The Kier molecular flexibility index (Phi) is 5.83. The van der Waals surface area contributed by atoms with Crippen molar-refractivity contribution in [2.45, 2.75) is 57.1 Å². The highest BCUT2D eigenvalue weighted by atomic mass is 32.2. The summed E-state index contributed by atoms with van der Waals surface area (Å²) in [6.07, 6.45) is 2.33. The normalized spacial score (nSPS) is 16.6. The summed E-state index contributed by atoms with van der Waals surface area (Å²) >= 11 is 1.78. The van der Waals surface area contributed by atoms with Crippen molar-refractivity contribution in [2.75, 3.05) is 6.54 Å². The molecule has 0 aliphatic carbocycles. The molecule has 0 spiro atoms. The minimum Gasteiger partial charge on any atom is -0.307 e. The van der Waals surface area contributed by atoms with Crippen molar-refractivity contribution in [2.24, 2.45) is 0 Å². The predicted octanol–water partition coefficient (Wildman–Crippen LogP) is 4.97. The highest BCUT2D eigenvalue weighted by Crippen LogP contribution is 2.28. The third kappa shape index (κ3) is 4.47. The molecular weight excluding hydrogens is 364 g/mol. The topological polar surface area (TPSA) is 42.7 Å². The Morgan fingerprint density at radius 2 is 1.71 bits per heavy atom. The van der Waals surface area contributed by atoms with E-state index in [0.717, 1.165) is 36.2 Å². The molecule has 5 heteroatoms. The van der Waals surface area contributed by atoms with Gasteiger partial charge in [0.15, 0.2) is 11.0 Å². The molecule has 2 aromatic carbocycles. The summed E-state index contributed by atoms with van der Waals surface area (Å²) in [7, 11) is 0. The van der Waals surface area contributed by atoms with Crippen molar-refractivity contribution in [1.29, 1.82) is 0 Å². The fraction of sp³-hybridized carbons (Fsp3) is 0.391. The Morgan fingerprint density at radius 1 is 0.964 bits per heavy atom. The fourth-order valence-corrected chi connectivity index (χ4v) is 4.77. The van der Waals surface area contributed by atoms with Gasteiger partial charge in [-0.1, -0.05) is 70.9 Å². The van der Waals surface area contributed by atoms with E-state index < -0.39 is 0 Å². The van der Waals surface area contributed by atoms with E-state index >= 15 is 0 Å². The van der Waals surface area contributed by atoms with E-state index in [1.807, 2.05) is 0 Å². The molecule has 2 heterocycles. The summed E-state index contributed by atoms with van der Waals surface area (Å²) in [5.41, 5.74) is 6.54. The van der Waals surface area contributed by atoms with Gasteiger partial charge in [0, 0.05) is 5.75 Å². The van der Waals surface area contributed by atoms with E-state index in [4.69, 9.17) is 0 Å². The average Bonchev–Trinajstić information content (AvgIpc) is 3.31. The molecule has 1 aliphatic heterocycles. The molecule has 0 bridgehead atoms. The van der Waals surface area contributed by atoms with Crippen LogP contribution in [0.15, 0.2) is 47.6 Å². The number of hydrogen-bond donors (Lipinski definition) is 1. The second kappa shape index (κ2) is 8.50. The Labute approximate surface area is 171 Å². The summed E-state index contributed by atoms with van der Waals surface area (Å²) in [6.45, 7) is 8.32. The van der Waals surface area contributed by atoms with Crippen molar-refractivity contribution >= 4 is 11.8 Å². The zero-order valence-corrected chi connectivity index (χ0v) is 17.7. The van der Waals surface area contributed by atoms with Crippen LogP contribution in [-0.4, -0.2) is 21.3 Å². The molecule has 3 aromatic rings. The summed E-state index contributed by atoms with van der Waals surface area (Å²) in [5, 5.41) is 13.7. The second-order valence-electron chi connectivity index (χ2n) is 7.85. The molecule has 4 rings (SSSR count). The zero-order chi connectivity index (χ0) is 19.5. The summed E-state index contributed by atoms with van der Waals surface area (Å²) in [4.78, 5) is 0. The summed E-state index contributed by atoms with van der Waals surface area (Å²) in [5.74, 6) is 1.98. The first-order chi connectivity index (χ1) is 13.6. The maximum Gasteiger partial charge on any atom is 0.191 e. The van der Waals surface area contributed by atoms with Crippen molar-refractivity contribution < 1.29 is 0 Å². The van der Waals surface area contributed by atoms with Crippen molar-refractivity contribution in [3.63, 3.8) is 0 Å². The van der Waals surface area contributed by atoms with Crippen LogP contribution in [0.5, 0.6) is 0 Å². The van der Waals surface area contributed by atoms with Gasteiger partial charge in [-0.25, -0.2) is 0 Å². The molecule has 0 radical (unpaired) electrons. The molecule has 0 amide bonds. The first-order valence-electron chi connectivity index (χ1n) is 10.0. The largest absolute Gasteiger partial charge is 0.307 e. The lowest BCUT2D eigenvalue weighted by Gasteiger charge is -2.15. The van der Waals surface area contributed by atoms with Gasteiger partial charge < -0.3 is 9.88 Å². The minimum absolute atomic E-state index is 0.313. The van der Waals surface area contributed by atoms with Crippen LogP contribution in [0, 0.1) is 20.8 Å². The van der Waals surface area contributed by atoms with Gasteiger partial charge in [0.05, 0.1) is 12.6 Å². The summed E-state index contributed by atoms with van der Waals surface area (Å²) in [6, 6.07) is 15.8. The predicted molar refractivity (Wildman–Crippen MR) is 116 cm³/mol. The van der Waals surface area contributed by atoms with E-state index in [-0.39, 0.29) is 0 Å². The Balaban J connectivity index is 1.59. The second-order valence-corrected chi connectivity index (χ2v) is 8.79. The first kappa shape index (κ1) is 19.2. The van der Waals surface area contributed by atoms with Gasteiger partial charge in [-0.3, -0.25) is 0 Å². The van der Waals surface area contributed by atoms with Crippen molar-refractivity contribution in [3.8, 4) is 0 Å². The SMILES string of the molecule is Cc1ccc(Cn2c(SCc3cc(C)cc(C)c3)nnc2C2CCCN2)cc1. The molecule has 1 saturated heterocycles. The number of benzene rings is 2. The Bertz CT molecular complexity index is 919. The number of aromatic nitrogens is 3. The molecule has 1 unspecified atom stereocenters. The van der Waals surface area contributed by atoms with E-state index in [2.05, 4.69) is 83.3 Å². The molecule has 1 aromatic heterocycles. The molecule has 1 fully saturated rings. The van der Waals surface area contributed by atoms with Crippen LogP contribution in [0.25, 0.3) is 0 Å². The van der Waals surface area contributed by atoms with E-state index in [0.29, 0.717) is 6.04 Å². The number of aryl methyl sites for hydroxylation is 3. The zero-order valence-electron chi connectivity index (χ0n) is 16.9. The molecule has 146 valence electrons. The fourth-order valence-electron chi connectivity index (χ4n) is 3.89. The highest BCUT2D eigenvalue weighted by Gasteiger charge is 2.24. The number of nitrogens with zero attached hydrogens (tertiary/aromatic N) is 3. The van der Waals surface area contributed by atoms with E-state index in [9.17, 15) is 0 Å². The van der Waals surface area contributed by atoms with Crippen LogP contribution in [0.3, 0.4) is 0 Å². The molecule has 1 aliphatic rings. The van der Waals surface area contributed by atoms with Gasteiger partial charge in [-0.05, 0) is 51.3 Å². The smallest absolute Gasteiger partial charge is 0.191 e. The molecule has 0 saturated carbocycles. The molecule has 28 heavy (non-hydrogen) atoms. The molecule has 1 N–H and O–H groups in total. The van der Waals surface area contributed by atoms with Crippen LogP contribution in [-0.2, 0) is 12.3 Å². The first-order valence-corrected chi connectivity index (χ1v) is 11.0. The molecule has 4 nitrogen and oxygen atoms in total. The maximum atomic E-state index is 4.59. The van der Waals surface area contributed by atoms with E-state index in [1.165, 1.54) is 34.2 Å². The van der Waals surface area contributed by atoms with Gasteiger partial charge in [-0.2, -0.15) is 0 Å². The number of thioether (sulfide) groups is 1. The van der Waals surface area contributed by atoms with Gasteiger partial charge in [0.25, 0.3) is 0 Å². The van der Waals surface area contributed by atoms with Gasteiger partial charge in [-0.15, -0.1) is 10.2 Å². The quantitative estimate of drug-likeness (QED) is 0.602. The number of rotatable bonds is 6. The van der Waals surface area contributed by atoms with Gasteiger partial charge in [0.2, 0.25) is 0 Å². The lowest BCUT2D eigenvalue weighted by atomic mass is 10.1. The lowest BCUT2D eigenvalue weighted by Crippen LogP contribution is -2.19. The molecule has 1 atom stereocenters. The van der Waals surface area contributed by atoms with Crippen LogP contribution in [0.2, 0.25) is 0 Å². The number of hydrogen-bond acceptors (Lipinski definition) is 4. The van der Waals surface area contributed by atoms with Crippen LogP contribution in [0.1, 0.15) is 52.5 Å². The van der Waals surface area contributed by atoms with Crippen LogP contribution >= 0.6 is 11.8 Å². The van der Waals surface area contributed by atoms with E-state index in [1.54, 1.807) is 11.8 Å². The summed E-state index contributed by atoms with van der Waals surface area (Å²) < 4.78 is 2.31. The third-order valence-corrected chi connectivity index (χ3v) is 6.27. The minimum atomic E-state index is 0.313. The highest BCUT2D eigenvalue weighted by molar-refractivity contribution is 7.98. The van der Waals surface area contributed by atoms with Crippen molar-refractivity contribution in [3.05, 3.63) is 76.1 Å². The Hall–Kier alpha value is -2.11. The maximum absolute atomic E-state index is 4.59. The van der Waals surface area contributed by atoms with Crippen molar-refractivity contribution in [1.82, 2.24) is 20.1 Å².